The van der Waals surface area contributed by atoms with Crippen LogP contribution >= 0.6 is 11.6 Å². The fourth-order valence-corrected chi connectivity index (χ4v) is 3.81. The van der Waals surface area contributed by atoms with Gasteiger partial charge in [0, 0.05) is 6.54 Å². The second kappa shape index (κ2) is 4.86. The smallest absolute Gasteiger partial charge is 0.175 e. The van der Waals surface area contributed by atoms with Crippen LogP contribution in [0.4, 0.5) is 0 Å². The van der Waals surface area contributed by atoms with Crippen LogP contribution in [0.25, 0.3) is 0 Å². The number of sulfone groups is 1. The average molecular weight is 279 g/mol. The largest absolute Gasteiger partial charge is 0.492 e. The molecular formula is C10H15ClN2O3S. The molecular weight excluding hydrogens is 264 g/mol. The normalized spacial score (nSPS) is 20.4. The number of halogens is 1. The van der Waals surface area contributed by atoms with Gasteiger partial charge in [-0.3, -0.25) is 4.68 Å². The molecule has 0 spiro atoms. The number of methoxy groups -OCH3 is 1. The molecule has 2 heterocycles. The van der Waals surface area contributed by atoms with Crippen molar-refractivity contribution in [3.05, 3.63) is 11.3 Å². The van der Waals surface area contributed by atoms with Gasteiger partial charge in [0.05, 0.1) is 24.8 Å². The minimum Gasteiger partial charge on any atom is -0.492 e. The van der Waals surface area contributed by atoms with Gasteiger partial charge in [-0.25, -0.2) is 8.42 Å². The summed E-state index contributed by atoms with van der Waals surface area (Å²) in [4.78, 5) is 0. The van der Waals surface area contributed by atoms with Crippen LogP contribution in [0.15, 0.2) is 6.20 Å². The van der Waals surface area contributed by atoms with Gasteiger partial charge in [0.15, 0.2) is 10.9 Å². The molecule has 0 N–H and O–H groups in total. The lowest BCUT2D eigenvalue weighted by Gasteiger charge is -2.21. The molecule has 0 bridgehead atoms. The highest BCUT2D eigenvalue weighted by Crippen LogP contribution is 2.26. The summed E-state index contributed by atoms with van der Waals surface area (Å²) < 4.78 is 29.3. The van der Waals surface area contributed by atoms with Gasteiger partial charge in [0.1, 0.15) is 9.84 Å². The van der Waals surface area contributed by atoms with Crippen molar-refractivity contribution in [1.82, 2.24) is 9.78 Å². The molecule has 1 aromatic rings. The summed E-state index contributed by atoms with van der Waals surface area (Å²) >= 11 is 6.06. The minimum absolute atomic E-state index is 0.272. The van der Waals surface area contributed by atoms with E-state index in [1.807, 2.05) is 0 Å². The van der Waals surface area contributed by atoms with E-state index in [-0.39, 0.29) is 11.5 Å². The van der Waals surface area contributed by atoms with Crippen molar-refractivity contribution < 1.29 is 13.2 Å². The molecule has 0 saturated carbocycles. The molecule has 0 aromatic carbocycles. The van der Waals surface area contributed by atoms with E-state index in [4.69, 9.17) is 16.3 Å². The Kier molecular flexibility index (Phi) is 3.63. The van der Waals surface area contributed by atoms with Crippen molar-refractivity contribution in [2.75, 3.05) is 18.6 Å². The lowest BCUT2D eigenvalue weighted by Crippen LogP contribution is -2.26. The highest BCUT2D eigenvalue weighted by Gasteiger charge is 2.24. The first-order valence-corrected chi connectivity index (χ1v) is 7.67. The van der Waals surface area contributed by atoms with E-state index < -0.39 is 9.84 Å². The summed E-state index contributed by atoms with van der Waals surface area (Å²) in [6, 6.07) is 0. The maximum atomic E-state index is 11.3. The maximum Gasteiger partial charge on any atom is 0.175 e. The van der Waals surface area contributed by atoms with Crippen molar-refractivity contribution in [1.29, 1.82) is 0 Å². The Morgan fingerprint density at radius 2 is 2.18 bits per heavy atom. The van der Waals surface area contributed by atoms with E-state index in [9.17, 15) is 8.42 Å². The van der Waals surface area contributed by atoms with E-state index in [0.29, 0.717) is 36.2 Å². The molecule has 1 aromatic heterocycles. The first-order chi connectivity index (χ1) is 8.02. The van der Waals surface area contributed by atoms with E-state index in [1.165, 1.54) is 0 Å². The summed E-state index contributed by atoms with van der Waals surface area (Å²) in [7, 11) is -1.26. The summed E-state index contributed by atoms with van der Waals surface area (Å²) in [6.45, 7) is 0.651. The molecule has 2 rings (SSSR count). The van der Waals surface area contributed by atoms with Crippen LogP contribution in [0.2, 0.25) is 5.15 Å². The lowest BCUT2D eigenvalue weighted by molar-refractivity contribution is 0.381. The highest BCUT2D eigenvalue weighted by atomic mass is 35.5. The van der Waals surface area contributed by atoms with Gasteiger partial charge in [-0.05, 0) is 18.8 Å². The van der Waals surface area contributed by atoms with Gasteiger partial charge in [-0.2, -0.15) is 5.10 Å². The number of ether oxygens (including phenoxy) is 1. The van der Waals surface area contributed by atoms with Crippen molar-refractivity contribution in [3.8, 4) is 5.75 Å². The molecule has 0 radical (unpaired) electrons. The van der Waals surface area contributed by atoms with Crippen LogP contribution in [-0.2, 0) is 16.4 Å². The van der Waals surface area contributed by atoms with Crippen molar-refractivity contribution in [3.63, 3.8) is 0 Å². The van der Waals surface area contributed by atoms with Crippen LogP contribution in [-0.4, -0.2) is 36.8 Å². The number of rotatable bonds is 3. The molecule has 1 aliphatic heterocycles. The maximum absolute atomic E-state index is 11.3. The summed E-state index contributed by atoms with van der Waals surface area (Å²) in [5.41, 5.74) is 0. The first kappa shape index (κ1) is 12.7. The molecule has 0 atom stereocenters. The van der Waals surface area contributed by atoms with Crippen LogP contribution < -0.4 is 4.74 Å². The van der Waals surface area contributed by atoms with Gasteiger partial charge in [-0.15, -0.1) is 0 Å². The third-order valence-electron chi connectivity index (χ3n) is 3.07. The zero-order valence-electron chi connectivity index (χ0n) is 9.60. The molecule has 1 saturated heterocycles. The lowest BCUT2D eigenvalue weighted by atomic mass is 10.0. The number of hydrogen-bond donors (Lipinski definition) is 0. The molecule has 1 fully saturated rings. The summed E-state index contributed by atoms with van der Waals surface area (Å²) in [5, 5.41) is 4.60. The third kappa shape index (κ3) is 2.93. The number of aromatic nitrogens is 2. The first-order valence-electron chi connectivity index (χ1n) is 5.47. The summed E-state index contributed by atoms with van der Waals surface area (Å²) in [6.07, 6.45) is 2.93. The standard InChI is InChI=1S/C10H15ClN2O3S/c1-16-9-6-12-13(10(9)11)7-8-2-4-17(14,15)5-3-8/h6,8H,2-5,7H2,1H3. The zero-order chi connectivity index (χ0) is 12.5. The topological polar surface area (TPSA) is 61.2 Å². The van der Waals surface area contributed by atoms with Gasteiger partial charge >= 0.3 is 0 Å². The van der Waals surface area contributed by atoms with Gasteiger partial charge in [0.25, 0.3) is 0 Å². The fraction of sp³-hybridized carbons (Fsp3) is 0.700. The molecule has 0 unspecified atom stereocenters. The molecule has 5 nitrogen and oxygen atoms in total. The Bertz CT molecular complexity index is 484. The Hall–Kier alpha value is -0.750. The van der Waals surface area contributed by atoms with Crippen molar-refractivity contribution in [2.45, 2.75) is 19.4 Å². The summed E-state index contributed by atoms with van der Waals surface area (Å²) in [5.74, 6) is 1.41. The number of nitrogens with zero attached hydrogens (tertiary/aromatic N) is 2. The van der Waals surface area contributed by atoms with Crippen LogP contribution in [0.5, 0.6) is 5.75 Å². The molecule has 1 aliphatic rings. The second-order valence-electron chi connectivity index (χ2n) is 4.28. The van der Waals surface area contributed by atoms with E-state index in [1.54, 1.807) is 18.0 Å². The highest BCUT2D eigenvalue weighted by molar-refractivity contribution is 7.91. The van der Waals surface area contributed by atoms with Crippen molar-refractivity contribution in [2.24, 2.45) is 5.92 Å². The molecule has 7 heteroatoms. The van der Waals surface area contributed by atoms with Crippen LogP contribution in [0.3, 0.4) is 0 Å². The van der Waals surface area contributed by atoms with E-state index in [0.717, 1.165) is 0 Å². The van der Waals surface area contributed by atoms with Crippen molar-refractivity contribution >= 4 is 21.4 Å². The monoisotopic (exact) mass is 278 g/mol. The molecule has 96 valence electrons. The van der Waals surface area contributed by atoms with Crippen LogP contribution in [0, 0.1) is 5.92 Å². The SMILES string of the molecule is COc1cnn(CC2CCS(=O)(=O)CC2)c1Cl. The zero-order valence-corrected chi connectivity index (χ0v) is 11.2. The van der Waals surface area contributed by atoms with Gasteiger partial charge in [0.2, 0.25) is 0 Å². The predicted octanol–water partition coefficient (Wildman–Crippen LogP) is 1.37. The van der Waals surface area contributed by atoms with Gasteiger partial charge in [-0.1, -0.05) is 11.6 Å². The predicted molar refractivity (Wildman–Crippen MR) is 65.2 cm³/mol. The average Bonchev–Trinajstić information content (AvgIpc) is 2.63. The third-order valence-corrected chi connectivity index (χ3v) is 5.17. The quantitative estimate of drug-likeness (QED) is 0.838. The van der Waals surface area contributed by atoms with E-state index >= 15 is 0 Å². The molecule has 0 aliphatic carbocycles. The fourth-order valence-electron chi connectivity index (χ4n) is 1.98. The minimum atomic E-state index is -2.80. The Balaban J connectivity index is 2.00. The Morgan fingerprint density at radius 3 is 2.71 bits per heavy atom. The van der Waals surface area contributed by atoms with E-state index in [2.05, 4.69) is 5.10 Å². The molecule has 17 heavy (non-hydrogen) atoms. The van der Waals surface area contributed by atoms with Gasteiger partial charge < -0.3 is 4.74 Å². The Labute approximate surface area is 106 Å². The van der Waals surface area contributed by atoms with Crippen LogP contribution in [0.1, 0.15) is 12.8 Å². The Morgan fingerprint density at radius 1 is 1.53 bits per heavy atom. The second-order valence-corrected chi connectivity index (χ2v) is 6.94. The molecule has 0 amide bonds. The number of hydrogen-bond acceptors (Lipinski definition) is 4.